The van der Waals surface area contributed by atoms with Crippen LogP contribution in [-0.2, 0) is 6.54 Å². The standard InChI is InChI=1S/C15H17N3/c1-3-14-6-4-7-15(12-14)17-13(2)8-11-18-10-5-9-16-18/h1,4-7,9-10,12-13,17H,8,11H2,2H3/t13-/m1/s1. The van der Waals surface area contributed by atoms with Gasteiger partial charge in [0.2, 0.25) is 0 Å². The first-order valence-electron chi connectivity index (χ1n) is 6.08. The highest BCUT2D eigenvalue weighted by Gasteiger charge is 2.03. The van der Waals surface area contributed by atoms with Crippen LogP contribution in [0.5, 0.6) is 0 Å². The Hall–Kier alpha value is -2.21. The van der Waals surface area contributed by atoms with Gasteiger partial charge in [0.05, 0.1) is 0 Å². The molecule has 0 unspecified atom stereocenters. The third-order valence-corrected chi connectivity index (χ3v) is 2.79. The quantitative estimate of drug-likeness (QED) is 0.813. The Morgan fingerprint density at radius 2 is 2.33 bits per heavy atom. The Labute approximate surface area is 108 Å². The molecule has 1 aromatic carbocycles. The summed E-state index contributed by atoms with van der Waals surface area (Å²) in [7, 11) is 0. The Morgan fingerprint density at radius 1 is 1.44 bits per heavy atom. The molecule has 0 saturated heterocycles. The maximum absolute atomic E-state index is 5.38. The average molecular weight is 239 g/mol. The van der Waals surface area contributed by atoms with Crippen molar-refractivity contribution >= 4 is 5.69 Å². The molecule has 0 aliphatic carbocycles. The van der Waals surface area contributed by atoms with Crippen LogP contribution in [-0.4, -0.2) is 15.8 Å². The van der Waals surface area contributed by atoms with Gasteiger partial charge in [-0.15, -0.1) is 6.42 Å². The molecule has 1 heterocycles. The molecule has 0 aliphatic heterocycles. The van der Waals surface area contributed by atoms with Gasteiger partial charge in [0, 0.05) is 36.2 Å². The van der Waals surface area contributed by atoms with Crippen LogP contribution in [0, 0.1) is 12.3 Å². The fraction of sp³-hybridized carbons (Fsp3) is 0.267. The maximum atomic E-state index is 5.38. The van der Waals surface area contributed by atoms with Gasteiger partial charge in [0.25, 0.3) is 0 Å². The summed E-state index contributed by atoms with van der Waals surface area (Å²) in [5, 5.41) is 7.63. The van der Waals surface area contributed by atoms with Crippen molar-refractivity contribution in [3.05, 3.63) is 48.3 Å². The van der Waals surface area contributed by atoms with E-state index in [0.29, 0.717) is 6.04 Å². The number of nitrogens with zero attached hydrogens (tertiary/aromatic N) is 2. The van der Waals surface area contributed by atoms with Crippen LogP contribution in [0.3, 0.4) is 0 Å². The Morgan fingerprint density at radius 3 is 3.06 bits per heavy atom. The van der Waals surface area contributed by atoms with Gasteiger partial charge in [-0.3, -0.25) is 4.68 Å². The third kappa shape index (κ3) is 3.39. The van der Waals surface area contributed by atoms with E-state index in [1.807, 2.05) is 41.2 Å². The van der Waals surface area contributed by atoms with Crippen molar-refractivity contribution in [2.75, 3.05) is 5.32 Å². The van der Waals surface area contributed by atoms with Gasteiger partial charge in [-0.05, 0) is 37.6 Å². The third-order valence-electron chi connectivity index (χ3n) is 2.79. The van der Waals surface area contributed by atoms with Crippen LogP contribution in [0.2, 0.25) is 0 Å². The van der Waals surface area contributed by atoms with E-state index in [9.17, 15) is 0 Å². The lowest BCUT2D eigenvalue weighted by molar-refractivity contribution is 0.546. The molecule has 0 spiro atoms. The second kappa shape index (κ2) is 5.92. The van der Waals surface area contributed by atoms with Crippen LogP contribution in [0.25, 0.3) is 0 Å². The monoisotopic (exact) mass is 239 g/mol. The SMILES string of the molecule is C#Cc1cccc(N[C@H](C)CCn2cccn2)c1. The van der Waals surface area contributed by atoms with E-state index in [1.165, 1.54) is 0 Å². The van der Waals surface area contributed by atoms with E-state index in [4.69, 9.17) is 6.42 Å². The van der Waals surface area contributed by atoms with Crippen molar-refractivity contribution in [2.45, 2.75) is 25.9 Å². The van der Waals surface area contributed by atoms with Gasteiger partial charge >= 0.3 is 0 Å². The zero-order valence-corrected chi connectivity index (χ0v) is 10.5. The highest BCUT2D eigenvalue weighted by molar-refractivity contribution is 5.50. The molecular weight excluding hydrogens is 222 g/mol. The highest BCUT2D eigenvalue weighted by atomic mass is 15.3. The summed E-state index contributed by atoms with van der Waals surface area (Å²) in [4.78, 5) is 0. The topological polar surface area (TPSA) is 29.9 Å². The molecule has 3 heteroatoms. The minimum Gasteiger partial charge on any atom is -0.382 e. The van der Waals surface area contributed by atoms with E-state index in [2.05, 4.69) is 23.3 Å². The molecule has 18 heavy (non-hydrogen) atoms. The predicted molar refractivity (Wildman–Crippen MR) is 74.3 cm³/mol. The van der Waals surface area contributed by atoms with Gasteiger partial charge in [-0.1, -0.05) is 12.0 Å². The largest absolute Gasteiger partial charge is 0.382 e. The lowest BCUT2D eigenvalue weighted by Crippen LogP contribution is -2.17. The maximum Gasteiger partial charge on any atom is 0.0489 e. The van der Waals surface area contributed by atoms with Gasteiger partial charge in [0.1, 0.15) is 0 Å². The van der Waals surface area contributed by atoms with Crippen molar-refractivity contribution in [3.63, 3.8) is 0 Å². The van der Waals surface area contributed by atoms with Crippen molar-refractivity contribution in [1.29, 1.82) is 0 Å². The Kier molecular flexibility index (Phi) is 4.03. The fourth-order valence-electron chi connectivity index (χ4n) is 1.81. The number of anilines is 1. The van der Waals surface area contributed by atoms with Crippen LogP contribution in [0.4, 0.5) is 5.69 Å². The first-order chi connectivity index (χ1) is 8.78. The zero-order valence-electron chi connectivity index (χ0n) is 10.5. The number of hydrogen-bond donors (Lipinski definition) is 1. The summed E-state index contributed by atoms with van der Waals surface area (Å²) in [5.41, 5.74) is 1.97. The minimum atomic E-state index is 0.377. The Balaban J connectivity index is 1.87. The summed E-state index contributed by atoms with van der Waals surface area (Å²) in [6, 6.07) is 10.2. The number of aryl methyl sites for hydroxylation is 1. The lowest BCUT2D eigenvalue weighted by Gasteiger charge is -2.15. The van der Waals surface area contributed by atoms with Crippen molar-refractivity contribution in [1.82, 2.24) is 9.78 Å². The van der Waals surface area contributed by atoms with Crippen molar-refractivity contribution in [3.8, 4) is 12.3 Å². The van der Waals surface area contributed by atoms with E-state index >= 15 is 0 Å². The number of terminal acetylenes is 1. The number of aromatic nitrogens is 2. The highest BCUT2D eigenvalue weighted by Crippen LogP contribution is 2.12. The smallest absolute Gasteiger partial charge is 0.0489 e. The van der Waals surface area contributed by atoms with Crippen LogP contribution >= 0.6 is 0 Å². The molecule has 1 atom stereocenters. The fourth-order valence-corrected chi connectivity index (χ4v) is 1.81. The van der Waals surface area contributed by atoms with Crippen molar-refractivity contribution in [2.24, 2.45) is 0 Å². The number of hydrogen-bond acceptors (Lipinski definition) is 2. The molecule has 1 aromatic heterocycles. The average Bonchev–Trinajstić information content (AvgIpc) is 2.90. The van der Waals surface area contributed by atoms with E-state index in [0.717, 1.165) is 24.2 Å². The molecule has 3 nitrogen and oxygen atoms in total. The van der Waals surface area contributed by atoms with Crippen LogP contribution in [0.15, 0.2) is 42.7 Å². The number of nitrogens with one attached hydrogen (secondary N) is 1. The zero-order chi connectivity index (χ0) is 12.8. The van der Waals surface area contributed by atoms with Gasteiger partial charge in [0.15, 0.2) is 0 Å². The lowest BCUT2D eigenvalue weighted by atomic mass is 10.2. The van der Waals surface area contributed by atoms with Crippen LogP contribution in [0.1, 0.15) is 18.9 Å². The Bertz CT molecular complexity index is 523. The second-order valence-corrected chi connectivity index (χ2v) is 4.33. The molecule has 0 fully saturated rings. The molecule has 0 saturated carbocycles. The molecule has 0 bridgehead atoms. The number of benzene rings is 1. The second-order valence-electron chi connectivity index (χ2n) is 4.33. The predicted octanol–water partition coefficient (Wildman–Crippen LogP) is 2.76. The molecular formula is C15H17N3. The number of rotatable bonds is 5. The first kappa shape index (κ1) is 12.3. The van der Waals surface area contributed by atoms with Gasteiger partial charge < -0.3 is 5.32 Å². The normalized spacial score (nSPS) is 11.8. The summed E-state index contributed by atoms with van der Waals surface area (Å²) >= 11 is 0. The van der Waals surface area contributed by atoms with Gasteiger partial charge in [-0.25, -0.2) is 0 Å². The molecule has 92 valence electrons. The summed E-state index contributed by atoms with van der Waals surface area (Å²) < 4.78 is 1.94. The van der Waals surface area contributed by atoms with E-state index < -0.39 is 0 Å². The molecule has 0 aliphatic rings. The summed E-state index contributed by atoms with van der Waals surface area (Å²) in [6.07, 6.45) is 10.2. The summed E-state index contributed by atoms with van der Waals surface area (Å²) in [6.45, 7) is 3.07. The summed E-state index contributed by atoms with van der Waals surface area (Å²) in [5.74, 6) is 2.64. The van der Waals surface area contributed by atoms with Gasteiger partial charge in [-0.2, -0.15) is 5.10 Å². The van der Waals surface area contributed by atoms with E-state index in [-0.39, 0.29) is 0 Å². The minimum absolute atomic E-state index is 0.377. The van der Waals surface area contributed by atoms with E-state index in [1.54, 1.807) is 6.20 Å². The molecule has 1 N–H and O–H groups in total. The van der Waals surface area contributed by atoms with Crippen molar-refractivity contribution < 1.29 is 0 Å². The molecule has 2 aromatic rings. The first-order valence-corrected chi connectivity index (χ1v) is 6.08. The molecule has 0 radical (unpaired) electrons. The molecule has 0 amide bonds. The van der Waals surface area contributed by atoms with Crippen LogP contribution < -0.4 is 5.32 Å². The molecule has 2 rings (SSSR count).